The molecule has 1 aliphatic heterocycles. The molecule has 0 spiro atoms. The van der Waals surface area contributed by atoms with Crippen molar-refractivity contribution in [2.45, 2.75) is 63.6 Å². The second kappa shape index (κ2) is 13.3. The Morgan fingerprint density at radius 3 is 2.31 bits per heavy atom. The van der Waals surface area contributed by atoms with Crippen LogP contribution in [-0.4, -0.2) is 100.0 Å². The molecule has 13 heteroatoms. The van der Waals surface area contributed by atoms with Crippen molar-refractivity contribution >= 4 is 29.9 Å². The maximum atomic E-state index is 12.2. The van der Waals surface area contributed by atoms with Gasteiger partial charge in [-0.25, -0.2) is 9.59 Å². The molecule has 2 unspecified atom stereocenters. The second-order valence-corrected chi connectivity index (χ2v) is 8.64. The lowest BCUT2D eigenvalue weighted by atomic mass is 9.99. The molecule has 1 aromatic carbocycles. The minimum absolute atomic E-state index is 0.0312. The number of nitrogens with zero attached hydrogens (tertiary/aromatic N) is 1. The van der Waals surface area contributed by atoms with Crippen LogP contribution in [0.5, 0.6) is 0 Å². The smallest absolute Gasteiger partial charge is 0.410 e. The highest BCUT2D eigenvalue weighted by Gasteiger charge is 2.47. The van der Waals surface area contributed by atoms with Crippen LogP contribution in [0.2, 0.25) is 0 Å². The summed E-state index contributed by atoms with van der Waals surface area (Å²) in [7, 11) is 1.49. The fraction of sp³-hybridized carbons (Fsp3) is 0.565. The van der Waals surface area contributed by atoms with Crippen molar-refractivity contribution in [1.82, 2.24) is 4.90 Å². The molecule has 1 fully saturated rings. The van der Waals surface area contributed by atoms with Crippen LogP contribution >= 0.6 is 0 Å². The number of aliphatic hydroxyl groups excluding tert-OH is 3. The van der Waals surface area contributed by atoms with Gasteiger partial charge in [-0.05, 0) is 23.6 Å². The summed E-state index contributed by atoms with van der Waals surface area (Å²) in [6.45, 7) is 3.35. The average Bonchev–Trinajstić information content (AvgIpc) is 2.83. The van der Waals surface area contributed by atoms with Gasteiger partial charge in [-0.15, -0.1) is 0 Å². The molecule has 1 aliphatic rings. The molecule has 1 aromatic rings. The number of carboxylic acid groups (broad SMARTS) is 1. The van der Waals surface area contributed by atoms with Crippen LogP contribution in [0.4, 0.5) is 10.5 Å². The molecule has 0 bridgehead atoms. The number of carbonyl (C=O) groups excluding carboxylic acids is 3. The molecular formula is C23H32N2O11. The largest absolute Gasteiger partial charge is 0.479 e. The van der Waals surface area contributed by atoms with Gasteiger partial charge in [-0.3, -0.25) is 4.79 Å². The van der Waals surface area contributed by atoms with Crippen molar-refractivity contribution in [2.75, 3.05) is 19.0 Å². The monoisotopic (exact) mass is 512 g/mol. The van der Waals surface area contributed by atoms with Crippen LogP contribution in [0.1, 0.15) is 25.8 Å². The molecule has 0 aromatic heterocycles. The standard InChI is InChI=1S/C23H32N2O11/c1-12(2)15(10-26)25(3)23(33)35-11-13-4-6-14(7-5-13)24-16(27)8-9-34-22-19(30)17(28)18(29)20(36-22)21(31)32/h4-7,10,12,15,17-20,22,28-30H,8-9,11H2,1-3H3,(H,24,27)(H,31,32)/t15-,17+,18?,19?,20+,22-/m1/s1. The van der Waals surface area contributed by atoms with E-state index in [4.69, 9.17) is 19.3 Å². The molecule has 200 valence electrons. The van der Waals surface area contributed by atoms with Crippen molar-refractivity contribution < 1.29 is 53.8 Å². The molecule has 2 amide bonds. The zero-order valence-corrected chi connectivity index (χ0v) is 20.1. The first kappa shape index (κ1) is 29.1. The first-order valence-electron chi connectivity index (χ1n) is 11.2. The Kier molecular flexibility index (Phi) is 10.7. The van der Waals surface area contributed by atoms with E-state index in [1.807, 2.05) is 13.8 Å². The van der Waals surface area contributed by atoms with Gasteiger partial charge in [0.05, 0.1) is 19.1 Å². The molecular weight excluding hydrogens is 480 g/mol. The topological polar surface area (TPSA) is 192 Å². The lowest BCUT2D eigenvalue weighted by molar-refractivity contribution is -0.293. The Hall–Kier alpha value is -3.10. The number of hydrogen-bond donors (Lipinski definition) is 5. The highest BCUT2D eigenvalue weighted by atomic mass is 16.7. The summed E-state index contributed by atoms with van der Waals surface area (Å²) in [5.41, 5.74) is 1.11. The number of nitrogens with one attached hydrogen (secondary N) is 1. The number of amides is 2. The Morgan fingerprint density at radius 2 is 1.75 bits per heavy atom. The summed E-state index contributed by atoms with van der Waals surface area (Å²) >= 11 is 0. The molecule has 2 rings (SSSR count). The summed E-state index contributed by atoms with van der Waals surface area (Å²) in [4.78, 5) is 47.8. The summed E-state index contributed by atoms with van der Waals surface area (Å²) in [5.74, 6) is -2.05. The van der Waals surface area contributed by atoms with Crippen molar-refractivity contribution in [3.05, 3.63) is 29.8 Å². The number of rotatable bonds is 11. The summed E-state index contributed by atoms with van der Waals surface area (Å²) in [5, 5.41) is 41.0. The SMILES string of the molecule is CC(C)[C@@H](C=O)N(C)C(=O)OCc1ccc(NC(=O)CCO[C@@H]2O[C@H](C(=O)O)C(O)[C@H](O)C2O)cc1. The zero-order chi connectivity index (χ0) is 27.0. The average molecular weight is 513 g/mol. The van der Waals surface area contributed by atoms with E-state index >= 15 is 0 Å². The molecule has 0 aliphatic carbocycles. The lowest BCUT2D eigenvalue weighted by Crippen LogP contribution is -2.60. The number of aliphatic carboxylic acids is 1. The number of likely N-dealkylation sites (N-methyl/N-ethyl adjacent to an activating group) is 1. The third-order valence-corrected chi connectivity index (χ3v) is 5.58. The van der Waals surface area contributed by atoms with Crippen LogP contribution in [0.3, 0.4) is 0 Å². The van der Waals surface area contributed by atoms with Gasteiger partial charge in [0.25, 0.3) is 0 Å². The quantitative estimate of drug-likeness (QED) is 0.245. The van der Waals surface area contributed by atoms with E-state index in [0.717, 1.165) is 0 Å². The Balaban J connectivity index is 1.78. The van der Waals surface area contributed by atoms with Crippen LogP contribution < -0.4 is 5.32 Å². The van der Waals surface area contributed by atoms with E-state index < -0.39 is 54.7 Å². The fourth-order valence-corrected chi connectivity index (χ4v) is 3.43. The Labute approximate surface area is 207 Å². The maximum absolute atomic E-state index is 12.2. The van der Waals surface area contributed by atoms with Crippen molar-refractivity contribution in [2.24, 2.45) is 5.92 Å². The number of ether oxygens (including phenoxy) is 3. The van der Waals surface area contributed by atoms with E-state index in [2.05, 4.69) is 5.32 Å². The van der Waals surface area contributed by atoms with Gasteiger partial charge in [0, 0.05) is 12.7 Å². The Bertz CT molecular complexity index is 908. The number of aliphatic hydroxyl groups is 3. The van der Waals surface area contributed by atoms with Gasteiger partial charge in [-0.2, -0.15) is 0 Å². The summed E-state index contributed by atoms with van der Waals surface area (Å²) in [6.07, 6.45) is -8.78. The predicted molar refractivity (Wildman–Crippen MR) is 123 cm³/mol. The number of benzene rings is 1. The first-order chi connectivity index (χ1) is 17.0. The molecule has 6 atom stereocenters. The predicted octanol–water partition coefficient (Wildman–Crippen LogP) is -0.284. The van der Waals surface area contributed by atoms with Crippen molar-refractivity contribution in [3.8, 4) is 0 Å². The van der Waals surface area contributed by atoms with Gasteiger partial charge in [0.1, 0.15) is 31.2 Å². The molecule has 1 heterocycles. The highest BCUT2D eigenvalue weighted by Crippen LogP contribution is 2.22. The van der Waals surface area contributed by atoms with Gasteiger partial charge >= 0.3 is 12.1 Å². The van der Waals surface area contributed by atoms with E-state index in [1.165, 1.54) is 11.9 Å². The zero-order valence-electron chi connectivity index (χ0n) is 20.1. The highest BCUT2D eigenvalue weighted by molar-refractivity contribution is 5.90. The van der Waals surface area contributed by atoms with E-state index in [0.29, 0.717) is 17.5 Å². The second-order valence-electron chi connectivity index (χ2n) is 8.64. The van der Waals surface area contributed by atoms with Gasteiger partial charge in [0.2, 0.25) is 5.91 Å². The van der Waals surface area contributed by atoms with Gasteiger partial charge in [0.15, 0.2) is 12.4 Å². The van der Waals surface area contributed by atoms with E-state index in [1.54, 1.807) is 24.3 Å². The number of anilines is 1. The van der Waals surface area contributed by atoms with Gasteiger partial charge in [-0.1, -0.05) is 26.0 Å². The number of aldehydes is 1. The van der Waals surface area contributed by atoms with Crippen molar-refractivity contribution in [1.29, 1.82) is 0 Å². The molecule has 1 saturated heterocycles. The van der Waals surface area contributed by atoms with Crippen molar-refractivity contribution in [3.63, 3.8) is 0 Å². The first-order valence-corrected chi connectivity index (χ1v) is 11.2. The number of hydrogen-bond acceptors (Lipinski definition) is 10. The van der Waals surface area contributed by atoms with Gasteiger partial charge < -0.3 is 49.6 Å². The lowest BCUT2D eigenvalue weighted by Gasteiger charge is -2.38. The number of carboxylic acids is 1. The number of carbonyl (C=O) groups is 4. The van der Waals surface area contributed by atoms with Crippen LogP contribution in [-0.2, 0) is 35.2 Å². The molecule has 36 heavy (non-hydrogen) atoms. The van der Waals surface area contributed by atoms with E-state index in [9.17, 15) is 34.5 Å². The van der Waals surface area contributed by atoms with Crippen LogP contribution in [0.25, 0.3) is 0 Å². The molecule has 0 saturated carbocycles. The summed E-state index contributed by atoms with van der Waals surface area (Å²) < 4.78 is 15.4. The normalized spacial score (nSPS) is 24.6. The Morgan fingerprint density at radius 1 is 1.11 bits per heavy atom. The molecule has 5 N–H and O–H groups in total. The molecule has 13 nitrogen and oxygen atoms in total. The fourth-order valence-electron chi connectivity index (χ4n) is 3.43. The third kappa shape index (κ3) is 7.70. The molecule has 0 radical (unpaired) electrons. The minimum Gasteiger partial charge on any atom is -0.479 e. The van der Waals surface area contributed by atoms with Crippen LogP contribution in [0, 0.1) is 5.92 Å². The third-order valence-electron chi connectivity index (χ3n) is 5.58. The minimum atomic E-state index is -1.83. The summed E-state index contributed by atoms with van der Waals surface area (Å²) in [6, 6.07) is 5.88. The van der Waals surface area contributed by atoms with Crippen LogP contribution in [0.15, 0.2) is 24.3 Å². The maximum Gasteiger partial charge on any atom is 0.410 e. The van der Waals surface area contributed by atoms with E-state index in [-0.39, 0.29) is 25.6 Å².